The Kier molecular flexibility index (Phi) is 9.25. The van der Waals surface area contributed by atoms with Crippen LogP contribution in [0.1, 0.15) is 29.2 Å². The maximum atomic E-state index is 13.2. The minimum atomic E-state index is -4.77. The SMILES string of the molecule is Cc1cc(CN2CCN(Cc3ccncc3)C[C@@H]2C(=O)OCCN)ccc1-c1ccc(C(C)(O)C(F)(F)F)cc1. The van der Waals surface area contributed by atoms with E-state index in [1.165, 1.54) is 12.1 Å². The molecule has 2 heterocycles. The number of aryl methyl sites for hydroxylation is 1. The van der Waals surface area contributed by atoms with Crippen molar-refractivity contribution >= 4 is 5.97 Å². The zero-order valence-corrected chi connectivity index (χ0v) is 22.7. The summed E-state index contributed by atoms with van der Waals surface area (Å²) < 4.78 is 45.0. The van der Waals surface area contributed by atoms with Gasteiger partial charge in [-0.3, -0.25) is 19.6 Å². The Morgan fingerprint density at radius 3 is 2.38 bits per heavy atom. The lowest BCUT2D eigenvalue weighted by Crippen LogP contribution is -2.56. The third-order valence-electron chi connectivity index (χ3n) is 7.35. The van der Waals surface area contributed by atoms with Gasteiger partial charge in [0.1, 0.15) is 12.6 Å². The van der Waals surface area contributed by atoms with E-state index >= 15 is 0 Å². The van der Waals surface area contributed by atoms with Gasteiger partial charge in [-0.25, -0.2) is 0 Å². The highest BCUT2D eigenvalue weighted by molar-refractivity contribution is 5.76. The number of hydrogen-bond donors (Lipinski definition) is 2. The molecule has 4 rings (SSSR count). The van der Waals surface area contributed by atoms with Crippen molar-refractivity contribution in [3.05, 3.63) is 89.2 Å². The minimum Gasteiger partial charge on any atom is -0.463 e. The third kappa shape index (κ3) is 6.87. The molecular weight excluding hydrogens is 521 g/mol. The summed E-state index contributed by atoms with van der Waals surface area (Å²) in [6, 6.07) is 15.2. The van der Waals surface area contributed by atoms with E-state index in [4.69, 9.17) is 10.5 Å². The molecular formula is C30H35F3N4O3. The van der Waals surface area contributed by atoms with Gasteiger partial charge in [0, 0.05) is 51.7 Å². The molecule has 7 nitrogen and oxygen atoms in total. The first-order chi connectivity index (χ1) is 19.0. The fourth-order valence-corrected chi connectivity index (χ4v) is 4.96. The summed E-state index contributed by atoms with van der Waals surface area (Å²) in [6.07, 6.45) is -1.26. The van der Waals surface area contributed by atoms with Crippen LogP contribution in [-0.2, 0) is 28.2 Å². The Bertz CT molecular complexity index is 1280. The highest BCUT2D eigenvalue weighted by atomic mass is 19.4. The fraction of sp³-hybridized carbons (Fsp3) is 0.400. The topological polar surface area (TPSA) is 91.9 Å². The van der Waals surface area contributed by atoms with Crippen LogP contribution in [-0.4, -0.2) is 70.9 Å². The van der Waals surface area contributed by atoms with Crippen LogP contribution in [0.2, 0.25) is 0 Å². The van der Waals surface area contributed by atoms with Gasteiger partial charge in [0.15, 0.2) is 5.60 Å². The van der Waals surface area contributed by atoms with Gasteiger partial charge < -0.3 is 15.6 Å². The first kappa shape index (κ1) is 29.7. The molecule has 40 heavy (non-hydrogen) atoms. The number of carbonyl (C=O) groups is 1. The number of piperazine rings is 1. The van der Waals surface area contributed by atoms with E-state index in [1.54, 1.807) is 24.5 Å². The Morgan fingerprint density at radius 2 is 1.75 bits per heavy atom. The monoisotopic (exact) mass is 556 g/mol. The van der Waals surface area contributed by atoms with E-state index in [-0.39, 0.29) is 24.7 Å². The molecule has 0 saturated carbocycles. The Morgan fingerprint density at radius 1 is 1.05 bits per heavy atom. The molecule has 0 aliphatic carbocycles. The van der Waals surface area contributed by atoms with Gasteiger partial charge in [0.05, 0.1) is 0 Å². The highest BCUT2D eigenvalue weighted by Crippen LogP contribution is 2.39. The van der Waals surface area contributed by atoms with Gasteiger partial charge in [0.25, 0.3) is 0 Å². The van der Waals surface area contributed by atoms with Gasteiger partial charge in [-0.2, -0.15) is 13.2 Å². The maximum Gasteiger partial charge on any atom is 0.421 e. The molecule has 1 fully saturated rings. The number of ether oxygens (including phenoxy) is 1. The van der Waals surface area contributed by atoms with Gasteiger partial charge in [0.2, 0.25) is 0 Å². The zero-order chi connectivity index (χ0) is 28.9. The van der Waals surface area contributed by atoms with E-state index < -0.39 is 17.8 Å². The molecule has 1 saturated heterocycles. The van der Waals surface area contributed by atoms with Gasteiger partial charge in [-0.1, -0.05) is 42.5 Å². The van der Waals surface area contributed by atoms with Crippen molar-refractivity contribution in [2.75, 3.05) is 32.8 Å². The van der Waals surface area contributed by atoms with Crippen molar-refractivity contribution in [2.45, 2.75) is 44.8 Å². The molecule has 10 heteroatoms. The largest absolute Gasteiger partial charge is 0.463 e. The fourth-order valence-electron chi connectivity index (χ4n) is 4.96. The lowest BCUT2D eigenvalue weighted by atomic mass is 9.92. The van der Waals surface area contributed by atoms with Crippen LogP contribution in [0.15, 0.2) is 67.0 Å². The summed E-state index contributed by atoms with van der Waals surface area (Å²) in [7, 11) is 0. The second-order valence-corrected chi connectivity index (χ2v) is 10.3. The first-order valence-corrected chi connectivity index (χ1v) is 13.2. The first-order valence-electron chi connectivity index (χ1n) is 13.2. The number of aromatic nitrogens is 1. The van der Waals surface area contributed by atoms with E-state index in [1.807, 2.05) is 37.3 Å². The Labute approximate surface area is 232 Å². The van der Waals surface area contributed by atoms with Crippen molar-refractivity contribution in [3.63, 3.8) is 0 Å². The van der Waals surface area contributed by atoms with Crippen molar-refractivity contribution in [1.82, 2.24) is 14.8 Å². The van der Waals surface area contributed by atoms with Crippen LogP contribution < -0.4 is 5.73 Å². The molecule has 214 valence electrons. The van der Waals surface area contributed by atoms with E-state index in [9.17, 15) is 23.1 Å². The van der Waals surface area contributed by atoms with E-state index in [0.29, 0.717) is 26.2 Å². The van der Waals surface area contributed by atoms with Gasteiger partial charge >= 0.3 is 12.1 Å². The lowest BCUT2D eigenvalue weighted by molar-refractivity contribution is -0.258. The van der Waals surface area contributed by atoms with Gasteiger partial charge in [-0.05, 0) is 59.4 Å². The number of nitrogens with two attached hydrogens (primary N) is 1. The molecule has 1 aromatic heterocycles. The number of rotatable bonds is 9. The molecule has 2 aromatic carbocycles. The Balaban J connectivity index is 1.48. The summed E-state index contributed by atoms with van der Waals surface area (Å²) in [5, 5.41) is 9.95. The van der Waals surface area contributed by atoms with Crippen LogP contribution >= 0.6 is 0 Å². The van der Waals surface area contributed by atoms with Gasteiger partial charge in [-0.15, -0.1) is 0 Å². The predicted octanol–water partition coefficient (Wildman–Crippen LogP) is 4.02. The van der Waals surface area contributed by atoms with Crippen LogP contribution in [0.5, 0.6) is 0 Å². The molecule has 0 spiro atoms. The zero-order valence-electron chi connectivity index (χ0n) is 22.7. The summed E-state index contributed by atoms with van der Waals surface area (Å²) in [5.41, 5.74) is 7.13. The molecule has 0 amide bonds. The number of benzene rings is 2. The molecule has 1 aliphatic rings. The van der Waals surface area contributed by atoms with E-state index in [0.717, 1.165) is 41.3 Å². The number of alkyl halides is 3. The molecule has 1 unspecified atom stereocenters. The Hall–Kier alpha value is -3.31. The molecule has 1 aliphatic heterocycles. The second-order valence-electron chi connectivity index (χ2n) is 10.3. The molecule has 3 N–H and O–H groups in total. The molecule has 3 aromatic rings. The summed E-state index contributed by atoms with van der Waals surface area (Å²) in [6.45, 7) is 6.35. The number of nitrogens with zero attached hydrogens (tertiary/aromatic N) is 3. The standard InChI is InChI=1S/C30H35F3N4O3/c1-21-17-23(3-8-26(21)24-4-6-25(7-5-24)29(2,39)30(31,32)33)19-37-15-14-36(18-22-9-12-35-13-10-22)20-27(37)28(38)40-16-11-34/h3-10,12-13,17,27,39H,11,14-16,18-20,34H2,1-2H3/t27-,29?/m1/s1. The van der Waals surface area contributed by atoms with Crippen molar-refractivity contribution in [2.24, 2.45) is 5.73 Å². The summed E-state index contributed by atoms with van der Waals surface area (Å²) in [4.78, 5) is 21.4. The number of halogens is 3. The van der Waals surface area contributed by atoms with Crippen LogP contribution in [0.4, 0.5) is 13.2 Å². The average Bonchev–Trinajstić information content (AvgIpc) is 2.92. The number of hydrogen-bond acceptors (Lipinski definition) is 7. The quantitative estimate of drug-likeness (QED) is 0.385. The average molecular weight is 557 g/mol. The normalized spacial score (nSPS) is 18.3. The van der Waals surface area contributed by atoms with Crippen molar-refractivity contribution in [3.8, 4) is 11.1 Å². The lowest BCUT2D eigenvalue weighted by Gasteiger charge is -2.40. The molecule has 0 radical (unpaired) electrons. The van der Waals surface area contributed by atoms with E-state index in [2.05, 4.69) is 14.8 Å². The minimum absolute atomic E-state index is 0.165. The second kappa shape index (κ2) is 12.5. The number of aliphatic hydroxyl groups is 1. The summed E-state index contributed by atoms with van der Waals surface area (Å²) >= 11 is 0. The summed E-state index contributed by atoms with van der Waals surface area (Å²) in [5.74, 6) is -0.298. The third-order valence-corrected chi connectivity index (χ3v) is 7.35. The number of pyridine rings is 1. The van der Waals surface area contributed by atoms with Crippen LogP contribution in [0.25, 0.3) is 11.1 Å². The smallest absolute Gasteiger partial charge is 0.421 e. The van der Waals surface area contributed by atoms with Crippen molar-refractivity contribution in [1.29, 1.82) is 0 Å². The van der Waals surface area contributed by atoms with Crippen molar-refractivity contribution < 1.29 is 27.8 Å². The number of esters is 1. The van der Waals surface area contributed by atoms with Crippen LogP contribution in [0.3, 0.4) is 0 Å². The highest BCUT2D eigenvalue weighted by Gasteiger charge is 2.51. The van der Waals surface area contributed by atoms with Crippen LogP contribution in [0, 0.1) is 6.92 Å². The molecule has 2 atom stereocenters. The molecule has 0 bridgehead atoms. The predicted molar refractivity (Wildman–Crippen MR) is 146 cm³/mol. The maximum absolute atomic E-state index is 13.2. The number of carbonyl (C=O) groups excluding carboxylic acids is 1.